The Balaban J connectivity index is 1.59. The number of anilines is 1. The van der Waals surface area contributed by atoms with Gasteiger partial charge in [-0.05, 0) is 58.6 Å². The highest BCUT2D eigenvalue weighted by Crippen LogP contribution is 2.21. The van der Waals surface area contributed by atoms with Crippen molar-refractivity contribution in [1.29, 1.82) is 0 Å². The van der Waals surface area contributed by atoms with Gasteiger partial charge in [0, 0.05) is 19.3 Å². The fourth-order valence-electron chi connectivity index (χ4n) is 3.93. The summed E-state index contributed by atoms with van der Waals surface area (Å²) < 4.78 is 17.9. The summed E-state index contributed by atoms with van der Waals surface area (Å²) in [7, 11) is 7.16. The Hall–Kier alpha value is -3.87. The molecule has 0 N–H and O–H groups in total. The summed E-state index contributed by atoms with van der Waals surface area (Å²) in [6.45, 7) is 2.16. The van der Waals surface area contributed by atoms with Crippen LogP contribution in [0.3, 0.4) is 0 Å². The Morgan fingerprint density at radius 1 is 0.676 bits per heavy atom. The largest absolute Gasteiger partial charge is 0.497 e. The van der Waals surface area contributed by atoms with Crippen molar-refractivity contribution >= 4 is 19.1 Å². The fourth-order valence-corrected chi connectivity index (χ4v) is 3.93. The molecule has 0 bridgehead atoms. The first-order valence-corrected chi connectivity index (χ1v) is 11.3. The summed E-state index contributed by atoms with van der Waals surface area (Å²) in [5.41, 5.74) is 4.69. The second kappa shape index (κ2) is 10.8. The molecule has 174 valence electrons. The Bertz CT molecular complexity index is 1140. The quantitative estimate of drug-likeness (QED) is 0.343. The third-order valence-corrected chi connectivity index (χ3v) is 5.79. The molecule has 0 unspecified atom stereocenters. The molecule has 0 aliphatic rings. The zero-order chi connectivity index (χ0) is 23.9. The monoisotopic (exact) mass is 455 g/mol. The third kappa shape index (κ3) is 5.73. The van der Waals surface area contributed by atoms with E-state index in [1.165, 1.54) is 16.7 Å². The Kier molecular flexibility index (Phi) is 7.42. The molecule has 6 nitrogen and oxygen atoms in total. The minimum atomic E-state index is 0.698. The molecule has 0 fully saturated rings. The molecule has 7 heteroatoms. The van der Waals surface area contributed by atoms with Crippen LogP contribution in [-0.4, -0.2) is 39.0 Å². The van der Waals surface area contributed by atoms with Gasteiger partial charge < -0.3 is 19.1 Å². The molecule has 0 aliphatic heterocycles. The molecule has 1 heterocycles. The van der Waals surface area contributed by atoms with Gasteiger partial charge in [-0.2, -0.15) is 5.10 Å². The van der Waals surface area contributed by atoms with Gasteiger partial charge >= 0.3 is 0 Å². The average molecular weight is 455 g/mol. The van der Waals surface area contributed by atoms with Crippen LogP contribution in [0.25, 0.3) is 0 Å². The van der Waals surface area contributed by atoms with Crippen LogP contribution in [0.4, 0.5) is 5.82 Å². The van der Waals surface area contributed by atoms with Crippen LogP contribution >= 0.6 is 0 Å². The minimum absolute atomic E-state index is 0.698. The second-order valence-corrected chi connectivity index (χ2v) is 8.23. The molecule has 0 amide bonds. The fraction of sp³-hybridized carbons (Fsp3) is 0.222. The molecule has 0 radical (unpaired) electrons. The van der Waals surface area contributed by atoms with Gasteiger partial charge in [0.1, 0.15) is 30.9 Å². The molecule has 0 aliphatic carbocycles. The molecule has 4 aromatic rings. The van der Waals surface area contributed by atoms with Crippen LogP contribution in [0.1, 0.15) is 16.7 Å². The number of methoxy groups -OCH3 is 3. The predicted molar refractivity (Wildman–Crippen MR) is 138 cm³/mol. The Labute approximate surface area is 202 Å². The summed E-state index contributed by atoms with van der Waals surface area (Å²) in [6.07, 6.45) is 2.11. The number of benzene rings is 3. The number of nitrogens with zero attached hydrogens (tertiary/aromatic N) is 3. The first kappa shape index (κ1) is 23.3. The standard InChI is InChI=1S/C27H30BN3O3/c1-32-23-10-4-20(5-11-23)16-30(17-21-6-12-24(33-2)13-7-21)27-26(28)19-31(29-27)18-22-8-14-25(34-3)15-9-22/h4-15,19H,16-18,28H2,1-3H3. The first-order chi connectivity index (χ1) is 16.6. The Morgan fingerprint density at radius 3 is 1.50 bits per heavy atom. The van der Waals surface area contributed by atoms with Crippen LogP contribution < -0.4 is 24.6 Å². The average Bonchev–Trinajstić information content (AvgIpc) is 3.24. The van der Waals surface area contributed by atoms with Gasteiger partial charge in [0.15, 0.2) is 0 Å². The van der Waals surface area contributed by atoms with E-state index >= 15 is 0 Å². The lowest BCUT2D eigenvalue weighted by Crippen LogP contribution is -2.27. The zero-order valence-electron chi connectivity index (χ0n) is 20.2. The zero-order valence-corrected chi connectivity index (χ0v) is 20.2. The molecule has 0 saturated carbocycles. The lowest BCUT2D eigenvalue weighted by Gasteiger charge is -2.24. The van der Waals surface area contributed by atoms with Crippen molar-refractivity contribution < 1.29 is 14.2 Å². The van der Waals surface area contributed by atoms with E-state index in [1.54, 1.807) is 21.3 Å². The second-order valence-electron chi connectivity index (χ2n) is 8.23. The minimum Gasteiger partial charge on any atom is -0.497 e. The van der Waals surface area contributed by atoms with Crippen molar-refractivity contribution in [2.75, 3.05) is 26.2 Å². The van der Waals surface area contributed by atoms with Crippen LogP contribution in [0.5, 0.6) is 17.2 Å². The van der Waals surface area contributed by atoms with E-state index in [1.807, 2.05) is 41.1 Å². The lowest BCUT2D eigenvalue weighted by atomic mass is 9.99. The molecule has 0 atom stereocenters. The van der Waals surface area contributed by atoms with E-state index in [-0.39, 0.29) is 0 Å². The van der Waals surface area contributed by atoms with E-state index < -0.39 is 0 Å². The normalized spacial score (nSPS) is 10.7. The predicted octanol–water partition coefficient (Wildman–Crippen LogP) is 3.42. The number of rotatable bonds is 10. The van der Waals surface area contributed by atoms with Crippen LogP contribution in [0.2, 0.25) is 0 Å². The van der Waals surface area contributed by atoms with E-state index in [0.717, 1.165) is 41.6 Å². The van der Waals surface area contributed by atoms with Crippen LogP contribution in [-0.2, 0) is 19.6 Å². The van der Waals surface area contributed by atoms with Gasteiger partial charge in [-0.1, -0.05) is 36.4 Å². The molecule has 1 aromatic heterocycles. The summed E-state index contributed by atoms with van der Waals surface area (Å²) in [5.74, 6) is 3.53. The van der Waals surface area contributed by atoms with Gasteiger partial charge in [-0.15, -0.1) is 0 Å². The number of aromatic nitrogens is 2. The van der Waals surface area contributed by atoms with E-state index in [2.05, 4.69) is 55.3 Å². The number of hydrogen-bond acceptors (Lipinski definition) is 5. The van der Waals surface area contributed by atoms with Gasteiger partial charge in [0.2, 0.25) is 0 Å². The highest BCUT2D eigenvalue weighted by Gasteiger charge is 2.16. The van der Waals surface area contributed by atoms with Gasteiger partial charge in [-0.25, -0.2) is 0 Å². The van der Waals surface area contributed by atoms with Gasteiger partial charge in [0.05, 0.1) is 27.9 Å². The van der Waals surface area contributed by atoms with Crippen molar-refractivity contribution in [3.8, 4) is 17.2 Å². The van der Waals surface area contributed by atoms with Gasteiger partial charge in [-0.3, -0.25) is 4.68 Å². The van der Waals surface area contributed by atoms with Crippen LogP contribution in [0.15, 0.2) is 79.0 Å². The third-order valence-electron chi connectivity index (χ3n) is 5.79. The highest BCUT2D eigenvalue weighted by molar-refractivity contribution is 6.35. The van der Waals surface area contributed by atoms with Crippen molar-refractivity contribution in [1.82, 2.24) is 9.78 Å². The molecule has 0 spiro atoms. The molecule has 4 rings (SSSR count). The van der Waals surface area contributed by atoms with E-state index in [4.69, 9.17) is 19.3 Å². The smallest absolute Gasteiger partial charge is 0.146 e. The Morgan fingerprint density at radius 2 is 1.09 bits per heavy atom. The molecular formula is C27H30BN3O3. The number of ether oxygens (including phenoxy) is 3. The molecule has 3 aromatic carbocycles. The summed E-state index contributed by atoms with van der Waals surface area (Å²) >= 11 is 0. The van der Waals surface area contributed by atoms with Crippen molar-refractivity contribution in [3.63, 3.8) is 0 Å². The number of hydrogen-bond donors (Lipinski definition) is 0. The molecule has 34 heavy (non-hydrogen) atoms. The maximum Gasteiger partial charge on any atom is 0.146 e. The highest BCUT2D eigenvalue weighted by atomic mass is 16.5. The topological polar surface area (TPSA) is 48.8 Å². The van der Waals surface area contributed by atoms with Gasteiger partial charge in [0.25, 0.3) is 0 Å². The summed E-state index contributed by atoms with van der Waals surface area (Å²) in [4.78, 5) is 2.31. The van der Waals surface area contributed by atoms with E-state index in [9.17, 15) is 0 Å². The van der Waals surface area contributed by atoms with Crippen molar-refractivity contribution in [2.24, 2.45) is 0 Å². The first-order valence-electron chi connectivity index (χ1n) is 11.3. The molecule has 0 saturated heterocycles. The van der Waals surface area contributed by atoms with Crippen molar-refractivity contribution in [3.05, 3.63) is 95.7 Å². The SMILES string of the molecule is Bc1cn(Cc2ccc(OC)cc2)nc1N(Cc1ccc(OC)cc1)Cc1ccc(OC)cc1. The van der Waals surface area contributed by atoms with E-state index in [0.29, 0.717) is 6.54 Å². The maximum atomic E-state index is 5.32. The molecular weight excluding hydrogens is 425 g/mol. The maximum absolute atomic E-state index is 5.32. The van der Waals surface area contributed by atoms with Crippen molar-refractivity contribution in [2.45, 2.75) is 19.6 Å². The van der Waals surface area contributed by atoms with Crippen LogP contribution in [0, 0.1) is 0 Å². The summed E-state index contributed by atoms with van der Waals surface area (Å²) in [6, 6.07) is 24.5. The lowest BCUT2D eigenvalue weighted by molar-refractivity contribution is 0.414. The summed E-state index contributed by atoms with van der Waals surface area (Å²) in [5, 5.41) is 4.97.